The van der Waals surface area contributed by atoms with Crippen LogP contribution in [0, 0.1) is 5.92 Å². The van der Waals surface area contributed by atoms with Gasteiger partial charge in [-0.3, -0.25) is 14.5 Å². The van der Waals surface area contributed by atoms with Crippen molar-refractivity contribution in [2.75, 3.05) is 29.2 Å². The predicted molar refractivity (Wildman–Crippen MR) is 140 cm³/mol. The third-order valence-corrected chi connectivity index (χ3v) is 7.14. The van der Waals surface area contributed by atoms with Crippen LogP contribution in [0.15, 0.2) is 30.3 Å². The van der Waals surface area contributed by atoms with Crippen molar-refractivity contribution in [3.63, 3.8) is 0 Å². The quantitative estimate of drug-likeness (QED) is 0.207. The highest BCUT2D eigenvalue weighted by Crippen LogP contribution is 2.21. The Hall–Kier alpha value is -2.15. The number of amides is 2. The molecule has 0 aliphatic heterocycles. The number of benzene rings is 1. The number of carbonyl (C=O) groups excluding carboxylic acids is 2. The summed E-state index contributed by atoms with van der Waals surface area (Å²) in [6.45, 7) is 5.67. The van der Waals surface area contributed by atoms with Gasteiger partial charge in [-0.1, -0.05) is 38.5 Å². The second kappa shape index (κ2) is 14.4. The van der Waals surface area contributed by atoms with Gasteiger partial charge in [0, 0.05) is 30.3 Å². The first-order valence-electron chi connectivity index (χ1n) is 11.5. The van der Waals surface area contributed by atoms with Crippen LogP contribution in [0.3, 0.4) is 0 Å². The summed E-state index contributed by atoms with van der Waals surface area (Å²) < 4.78 is 23.4. The van der Waals surface area contributed by atoms with E-state index in [2.05, 4.69) is 23.3 Å². The van der Waals surface area contributed by atoms with Gasteiger partial charge in [0.2, 0.25) is 11.8 Å². The Morgan fingerprint density at radius 1 is 1.17 bits per heavy atom. The minimum Gasteiger partial charge on any atom is -0.480 e. The fourth-order valence-electron chi connectivity index (χ4n) is 3.44. The van der Waals surface area contributed by atoms with Crippen molar-refractivity contribution in [2.24, 2.45) is 11.7 Å². The van der Waals surface area contributed by atoms with Gasteiger partial charge in [-0.25, -0.2) is 13.2 Å². The number of aliphatic carboxylic acids is 1. The van der Waals surface area contributed by atoms with Gasteiger partial charge in [0.25, 0.3) is 0 Å². The first kappa shape index (κ1) is 30.9. The fraction of sp³-hybridized carbons (Fsp3) is 0.609. The molecule has 10 nitrogen and oxygen atoms in total. The van der Waals surface area contributed by atoms with Crippen molar-refractivity contribution in [3.8, 4) is 0 Å². The molecule has 1 aromatic carbocycles. The molecule has 198 valence electrons. The number of carboxylic acids is 1. The molecule has 12 heteroatoms. The number of nitrogens with one attached hydrogen (secondary N) is 2. The number of nitrogens with zero attached hydrogens (tertiary/aromatic N) is 1. The number of hydrogen-bond acceptors (Lipinski definition) is 8. The molecule has 0 heterocycles. The SMILES string of the molecule is CC[C@H](C)[C@H](NC[C@@H](N)CS)C(=O)N[C@@H](C)C(=O)N(c1ccccc1)[C@@H](CCS(C)(=O)=O)C(=O)O. The van der Waals surface area contributed by atoms with Crippen LogP contribution in [0.25, 0.3) is 0 Å². The second-order valence-corrected chi connectivity index (χ2v) is 11.4. The summed E-state index contributed by atoms with van der Waals surface area (Å²) in [6.07, 6.45) is 1.41. The van der Waals surface area contributed by atoms with E-state index in [0.717, 1.165) is 11.2 Å². The molecule has 5 atom stereocenters. The van der Waals surface area contributed by atoms with Gasteiger partial charge in [-0.2, -0.15) is 12.6 Å². The number of carboxylic acid groups (broad SMARTS) is 1. The van der Waals surface area contributed by atoms with E-state index in [9.17, 15) is 27.9 Å². The molecule has 0 radical (unpaired) electrons. The van der Waals surface area contributed by atoms with Gasteiger partial charge in [0.1, 0.15) is 21.9 Å². The molecule has 0 saturated heterocycles. The Bertz CT molecular complexity index is 945. The van der Waals surface area contributed by atoms with Crippen molar-refractivity contribution < 1.29 is 27.9 Å². The zero-order valence-electron chi connectivity index (χ0n) is 20.7. The summed E-state index contributed by atoms with van der Waals surface area (Å²) in [6, 6.07) is 4.73. The standard InChI is InChI=1S/C23H38N4O6S2/c1-5-15(2)20(25-13-17(24)14-34)21(28)26-16(3)22(29)27(18-9-7-6-8-10-18)19(23(30)31)11-12-35(4,32)33/h6-10,15-17,19-20,25,34H,5,11-14,24H2,1-4H3,(H,26,28)(H,30,31)/t15-,16-,17+,19-,20-/m0/s1. The van der Waals surface area contributed by atoms with Crippen LogP contribution >= 0.6 is 12.6 Å². The molecule has 0 bridgehead atoms. The van der Waals surface area contributed by atoms with Crippen LogP contribution in [-0.4, -0.2) is 79.8 Å². The Labute approximate surface area is 213 Å². The molecule has 1 rings (SSSR count). The van der Waals surface area contributed by atoms with Gasteiger partial charge < -0.3 is 21.5 Å². The van der Waals surface area contributed by atoms with Crippen molar-refractivity contribution in [3.05, 3.63) is 30.3 Å². The lowest BCUT2D eigenvalue weighted by Crippen LogP contribution is -2.58. The first-order chi connectivity index (χ1) is 16.3. The minimum absolute atomic E-state index is 0.0591. The van der Waals surface area contributed by atoms with Crippen LogP contribution in [-0.2, 0) is 24.2 Å². The summed E-state index contributed by atoms with van der Waals surface area (Å²) in [7, 11) is -3.47. The van der Waals surface area contributed by atoms with Crippen molar-refractivity contribution in [1.29, 1.82) is 0 Å². The maximum absolute atomic E-state index is 13.5. The molecular formula is C23H38N4O6S2. The van der Waals surface area contributed by atoms with E-state index in [1.807, 2.05) is 13.8 Å². The maximum atomic E-state index is 13.5. The number of carbonyl (C=O) groups is 3. The largest absolute Gasteiger partial charge is 0.480 e. The van der Waals surface area contributed by atoms with Gasteiger partial charge in [0.05, 0.1) is 11.8 Å². The van der Waals surface area contributed by atoms with E-state index in [4.69, 9.17) is 5.73 Å². The molecule has 2 amide bonds. The van der Waals surface area contributed by atoms with E-state index in [0.29, 0.717) is 18.7 Å². The average molecular weight is 531 g/mol. The van der Waals surface area contributed by atoms with Crippen LogP contribution in [0.5, 0.6) is 0 Å². The Morgan fingerprint density at radius 3 is 2.26 bits per heavy atom. The van der Waals surface area contributed by atoms with Crippen LogP contribution in [0.2, 0.25) is 0 Å². The third-order valence-electron chi connectivity index (χ3n) is 5.69. The number of nitrogens with two attached hydrogens (primary N) is 1. The third kappa shape index (κ3) is 10.2. The van der Waals surface area contributed by atoms with Gasteiger partial charge in [0.15, 0.2) is 0 Å². The number of anilines is 1. The van der Waals surface area contributed by atoms with E-state index < -0.39 is 51.5 Å². The summed E-state index contributed by atoms with van der Waals surface area (Å²) in [5, 5.41) is 15.7. The average Bonchev–Trinajstić information content (AvgIpc) is 2.80. The zero-order valence-corrected chi connectivity index (χ0v) is 22.4. The van der Waals surface area contributed by atoms with E-state index >= 15 is 0 Å². The number of para-hydroxylation sites is 1. The Morgan fingerprint density at radius 2 is 1.77 bits per heavy atom. The van der Waals surface area contributed by atoms with Gasteiger partial charge in [-0.05, 0) is 31.4 Å². The Kier molecular flexibility index (Phi) is 12.7. The molecule has 0 aliphatic carbocycles. The number of sulfone groups is 1. The highest BCUT2D eigenvalue weighted by atomic mass is 32.2. The maximum Gasteiger partial charge on any atom is 0.326 e. The molecule has 5 N–H and O–H groups in total. The molecule has 0 aliphatic rings. The molecule has 0 unspecified atom stereocenters. The van der Waals surface area contributed by atoms with Gasteiger partial charge in [-0.15, -0.1) is 0 Å². The monoisotopic (exact) mass is 530 g/mol. The number of thiol groups is 1. The second-order valence-electron chi connectivity index (χ2n) is 8.76. The minimum atomic E-state index is -3.47. The fourth-order valence-corrected chi connectivity index (χ4v) is 4.22. The lowest BCUT2D eigenvalue weighted by atomic mass is 9.97. The summed E-state index contributed by atoms with van der Waals surface area (Å²) in [4.78, 5) is 39.7. The highest BCUT2D eigenvalue weighted by molar-refractivity contribution is 7.90. The zero-order chi connectivity index (χ0) is 26.8. The lowest BCUT2D eigenvalue weighted by molar-refractivity contribution is -0.140. The molecule has 1 aromatic rings. The summed E-state index contributed by atoms with van der Waals surface area (Å²) in [5.74, 6) is -2.46. The molecule has 35 heavy (non-hydrogen) atoms. The molecule has 0 spiro atoms. The predicted octanol–water partition coefficient (Wildman–Crippen LogP) is 0.674. The van der Waals surface area contributed by atoms with Gasteiger partial charge >= 0.3 is 5.97 Å². The van der Waals surface area contributed by atoms with Crippen molar-refractivity contribution in [1.82, 2.24) is 10.6 Å². The van der Waals surface area contributed by atoms with Crippen LogP contribution < -0.4 is 21.3 Å². The normalized spacial score (nSPS) is 15.9. The topological polar surface area (TPSA) is 159 Å². The van der Waals surface area contributed by atoms with Crippen molar-refractivity contribution >= 4 is 45.9 Å². The lowest BCUT2D eigenvalue weighted by Gasteiger charge is -2.32. The van der Waals surface area contributed by atoms with E-state index in [1.54, 1.807) is 30.3 Å². The first-order valence-corrected chi connectivity index (χ1v) is 14.2. The molecule has 0 fully saturated rings. The van der Waals surface area contributed by atoms with Crippen LogP contribution in [0.1, 0.15) is 33.6 Å². The summed E-state index contributed by atoms with van der Waals surface area (Å²) >= 11 is 4.15. The van der Waals surface area contributed by atoms with Crippen LogP contribution in [0.4, 0.5) is 5.69 Å². The highest BCUT2D eigenvalue weighted by Gasteiger charge is 2.35. The van der Waals surface area contributed by atoms with E-state index in [-0.39, 0.29) is 24.1 Å². The molecular weight excluding hydrogens is 492 g/mol. The molecule has 0 aromatic heterocycles. The Balaban J connectivity index is 3.19. The summed E-state index contributed by atoms with van der Waals surface area (Å²) in [5.41, 5.74) is 6.20. The smallest absolute Gasteiger partial charge is 0.326 e. The number of rotatable bonds is 15. The van der Waals surface area contributed by atoms with Crippen molar-refractivity contribution in [2.45, 2.75) is 57.8 Å². The number of hydrogen-bond donors (Lipinski definition) is 5. The van der Waals surface area contributed by atoms with E-state index in [1.165, 1.54) is 6.92 Å². The molecule has 0 saturated carbocycles.